The molecule has 6 heteroatoms. The molecule has 0 heterocycles. The van der Waals surface area contributed by atoms with Crippen LogP contribution in [0, 0.1) is 0 Å². The normalized spacial score (nSPS) is 11.6. The summed E-state index contributed by atoms with van der Waals surface area (Å²) in [5.74, 6) is 0. The molecule has 0 aromatic carbocycles. The first-order valence-electron chi connectivity index (χ1n) is 5.36. The van der Waals surface area contributed by atoms with Gasteiger partial charge in [0.15, 0.2) is 0 Å². The molecule has 98 valence electrons. The smallest absolute Gasteiger partial charge is 0.0701 e. The van der Waals surface area contributed by atoms with Crippen molar-refractivity contribution in [2.45, 2.75) is 0 Å². The molecule has 0 aromatic heterocycles. The second kappa shape index (κ2) is 11.3. The Morgan fingerprint density at radius 1 is 0.688 bits per heavy atom. The Kier molecular flexibility index (Phi) is 11.1. The summed E-state index contributed by atoms with van der Waals surface area (Å²) < 4.78 is 10.7. The van der Waals surface area contributed by atoms with Crippen LogP contribution in [0.1, 0.15) is 0 Å². The van der Waals surface area contributed by atoms with Gasteiger partial charge in [0.25, 0.3) is 0 Å². The minimum Gasteiger partial charge on any atom is -0.378 e. The Morgan fingerprint density at radius 2 is 1.06 bits per heavy atom. The van der Waals surface area contributed by atoms with Gasteiger partial charge in [0.1, 0.15) is 0 Å². The summed E-state index contributed by atoms with van der Waals surface area (Å²) in [7, 11) is 6.99. The van der Waals surface area contributed by atoms with Gasteiger partial charge in [0.2, 0.25) is 0 Å². The molecule has 16 heavy (non-hydrogen) atoms. The molecule has 0 aromatic rings. The first-order chi connectivity index (χ1) is 7.70. The van der Waals surface area contributed by atoms with Crippen molar-refractivity contribution in [1.82, 2.24) is 10.1 Å². The number of rotatable bonds is 11. The van der Waals surface area contributed by atoms with Gasteiger partial charge in [-0.25, -0.2) is 0 Å². The van der Waals surface area contributed by atoms with Gasteiger partial charge in [-0.1, -0.05) is 0 Å². The Balaban J connectivity index is 3.04. The van der Waals surface area contributed by atoms with Crippen LogP contribution in [-0.2, 0) is 19.1 Å². The Bertz CT molecular complexity index is 133. The number of hydrogen-bond donors (Lipinski definition) is 0. The maximum absolute atomic E-state index is 5.35. The van der Waals surface area contributed by atoms with Crippen molar-refractivity contribution in [2.24, 2.45) is 0 Å². The van der Waals surface area contributed by atoms with Crippen molar-refractivity contribution in [3.63, 3.8) is 0 Å². The lowest BCUT2D eigenvalue weighted by Crippen LogP contribution is -2.24. The molecule has 0 unspecified atom stereocenters. The molecule has 0 N–H and O–H groups in total. The van der Waals surface area contributed by atoms with Gasteiger partial charge in [0.05, 0.1) is 40.6 Å². The van der Waals surface area contributed by atoms with Gasteiger partial charge in [0, 0.05) is 27.2 Å². The summed E-state index contributed by atoms with van der Waals surface area (Å²) >= 11 is 0. The van der Waals surface area contributed by atoms with Crippen molar-refractivity contribution in [1.29, 1.82) is 0 Å². The number of likely N-dealkylation sites (N-methyl/N-ethyl adjacent to an activating group) is 2. The highest BCUT2D eigenvalue weighted by Crippen LogP contribution is 1.85. The second-order valence-corrected chi connectivity index (χ2v) is 3.29. The third-order valence-corrected chi connectivity index (χ3v) is 2.10. The minimum absolute atomic E-state index is 0.605. The predicted molar refractivity (Wildman–Crippen MR) is 60.9 cm³/mol. The van der Waals surface area contributed by atoms with E-state index in [0.29, 0.717) is 26.4 Å². The van der Waals surface area contributed by atoms with E-state index in [0.717, 1.165) is 13.1 Å². The maximum Gasteiger partial charge on any atom is 0.0701 e. The number of hydroxylamine groups is 4. The van der Waals surface area contributed by atoms with Gasteiger partial charge in [-0.3, -0.25) is 0 Å². The zero-order chi connectivity index (χ0) is 12.2. The van der Waals surface area contributed by atoms with E-state index in [1.54, 1.807) is 24.3 Å². The average Bonchev–Trinajstić information content (AvgIpc) is 2.31. The zero-order valence-corrected chi connectivity index (χ0v) is 10.8. The first-order valence-corrected chi connectivity index (χ1v) is 5.36. The lowest BCUT2D eigenvalue weighted by Gasteiger charge is -2.14. The van der Waals surface area contributed by atoms with Gasteiger partial charge < -0.3 is 19.1 Å². The largest absolute Gasteiger partial charge is 0.378 e. The van der Waals surface area contributed by atoms with E-state index < -0.39 is 0 Å². The molecular formula is C10H24N2O4. The van der Waals surface area contributed by atoms with E-state index in [4.69, 9.17) is 19.1 Å². The van der Waals surface area contributed by atoms with Crippen LogP contribution in [0.25, 0.3) is 0 Å². The lowest BCUT2D eigenvalue weighted by molar-refractivity contribution is -0.126. The summed E-state index contributed by atoms with van der Waals surface area (Å²) in [6, 6.07) is 0. The van der Waals surface area contributed by atoms with E-state index in [2.05, 4.69) is 0 Å². The SMILES string of the molecule is CON(C)CCOCCOCCN(C)OC. The highest BCUT2D eigenvalue weighted by molar-refractivity contribution is 4.38. The monoisotopic (exact) mass is 236 g/mol. The molecule has 0 atom stereocenters. The average molecular weight is 236 g/mol. The van der Waals surface area contributed by atoms with Crippen molar-refractivity contribution < 1.29 is 19.1 Å². The third-order valence-electron chi connectivity index (χ3n) is 2.10. The number of nitrogens with zero attached hydrogens (tertiary/aromatic N) is 2. The summed E-state index contributed by atoms with van der Waals surface area (Å²) in [5.41, 5.74) is 0. The molecule has 0 radical (unpaired) electrons. The van der Waals surface area contributed by atoms with Crippen LogP contribution in [0.15, 0.2) is 0 Å². The van der Waals surface area contributed by atoms with E-state index in [1.807, 2.05) is 14.1 Å². The van der Waals surface area contributed by atoms with Crippen molar-refractivity contribution >= 4 is 0 Å². The minimum atomic E-state index is 0.605. The predicted octanol–water partition coefficient (Wildman–Crippen LogP) is 0.00600. The lowest BCUT2D eigenvalue weighted by atomic mass is 10.6. The van der Waals surface area contributed by atoms with Gasteiger partial charge in [-0.2, -0.15) is 10.1 Å². The van der Waals surface area contributed by atoms with Crippen molar-refractivity contribution in [3.05, 3.63) is 0 Å². The molecule has 0 spiro atoms. The van der Waals surface area contributed by atoms with Crippen LogP contribution in [0.4, 0.5) is 0 Å². The van der Waals surface area contributed by atoms with E-state index in [1.165, 1.54) is 0 Å². The van der Waals surface area contributed by atoms with Gasteiger partial charge in [-0.05, 0) is 0 Å². The Morgan fingerprint density at radius 3 is 1.38 bits per heavy atom. The molecule has 0 rings (SSSR count). The highest BCUT2D eigenvalue weighted by Gasteiger charge is 1.96. The van der Waals surface area contributed by atoms with Crippen LogP contribution < -0.4 is 0 Å². The molecule has 0 amide bonds. The molecule has 6 nitrogen and oxygen atoms in total. The molecule has 0 bridgehead atoms. The fourth-order valence-corrected chi connectivity index (χ4v) is 0.891. The standard InChI is InChI=1S/C10H24N2O4/c1-11(13-3)5-7-15-9-10-16-8-6-12(2)14-4/h5-10H2,1-4H3. The summed E-state index contributed by atoms with van der Waals surface area (Å²) in [4.78, 5) is 9.87. The van der Waals surface area contributed by atoms with Crippen LogP contribution in [0.5, 0.6) is 0 Å². The fourth-order valence-electron chi connectivity index (χ4n) is 0.891. The zero-order valence-electron chi connectivity index (χ0n) is 10.8. The van der Waals surface area contributed by atoms with Crippen molar-refractivity contribution in [2.75, 3.05) is 67.8 Å². The van der Waals surface area contributed by atoms with Gasteiger partial charge >= 0.3 is 0 Å². The summed E-state index contributed by atoms with van der Waals surface area (Å²) in [6.07, 6.45) is 0. The quantitative estimate of drug-likeness (QED) is 0.372. The van der Waals surface area contributed by atoms with E-state index in [-0.39, 0.29) is 0 Å². The van der Waals surface area contributed by atoms with Crippen LogP contribution in [0.3, 0.4) is 0 Å². The second-order valence-electron chi connectivity index (χ2n) is 3.29. The molecule has 0 fully saturated rings. The number of ether oxygens (including phenoxy) is 2. The molecule has 0 saturated carbocycles. The molecule has 0 aliphatic rings. The molecule has 0 aliphatic heterocycles. The highest BCUT2D eigenvalue weighted by atomic mass is 16.7. The molecule has 0 aliphatic carbocycles. The van der Waals surface area contributed by atoms with Gasteiger partial charge in [-0.15, -0.1) is 0 Å². The fraction of sp³-hybridized carbons (Fsp3) is 1.00. The summed E-state index contributed by atoms with van der Waals surface area (Å²) in [6.45, 7) is 4.01. The molecular weight excluding hydrogens is 212 g/mol. The van der Waals surface area contributed by atoms with E-state index in [9.17, 15) is 0 Å². The van der Waals surface area contributed by atoms with E-state index >= 15 is 0 Å². The summed E-state index contributed by atoms with van der Waals surface area (Å²) in [5, 5.41) is 3.43. The van der Waals surface area contributed by atoms with Crippen LogP contribution in [-0.4, -0.2) is 78.0 Å². The topological polar surface area (TPSA) is 43.4 Å². The van der Waals surface area contributed by atoms with Crippen LogP contribution >= 0.6 is 0 Å². The Labute approximate surface area is 97.9 Å². The van der Waals surface area contributed by atoms with Crippen LogP contribution in [0.2, 0.25) is 0 Å². The Hall–Kier alpha value is -0.240. The van der Waals surface area contributed by atoms with Crippen molar-refractivity contribution in [3.8, 4) is 0 Å². The molecule has 0 saturated heterocycles. The first kappa shape index (κ1) is 15.8. The number of hydrogen-bond acceptors (Lipinski definition) is 6. The maximum atomic E-state index is 5.35. The third kappa shape index (κ3) is 10.3.